The molecule has 2 heterocycles. The van der Waals surface area contributed by atoms with Crippen molar-refractivity contribution in [2.24, 2.45) is 5.92 Å². The molecule has 2 aliphatic rings. The Morgan fingerprint density at radius 1 is 1.15 bits per heavy atom. The van der Waals surface area contributed by atoms with Gasteiger partial charge in [0.2, 0.25) is 0 Å². The van der Waals surface area contributed by atoms with Crippen molar-refractivity contribution in [3.63, 3.8) is 0 Å². The molecule has 1 aromatic carbocycles. The number of aromatic nitrogens is 1. The molecule has 0 radical (unpaired) electrons. The molecular weight excluding hydrogens is 546 g/mol. The van der Waals surface area contributed by atoms with Crippen LogP contribution in [-0.2, 0) is 25.6 Å². The first kappa shape index (κ1) is 29.1. The average Bonchev–Trinajstić information content (AvgIpc) is 3.52. The minimum Gasteiger partial charge on any atom is -0.444 e. The molecule has 1 atom stereocenters. The first-order chi connectivity index (χ1) is 18.0. The number of benzene rings is 1. The summed E-state index contributed by atoms with van der Waals surface area (Å²) in [7, 11) is -5.91. The van der Waals surface area contributed by atoms with E-state index in [9.17, 15) is 31.2 Å². The largest absolute Gasteiger partial charge is 0.523 e. The second-order valence-electron chi connectivity index (χ2n) is 11.0. The van der Waals surface area contributed by atoms with E-state index in [1.165, 1.54) is 4.57 Å². The second-order valence-corrected chi connectivity index (χ2v) is 12.6. The maximum absolute atomic E-state index is 15.6. The van der Waals surface area contributed by atoms with Crippen LogP contribution in [0.1, 0.15) is 57.2 Å². The SMILES string of the molecule is Cc1c(N2CCC(CNC(=O)OC(C)(C)C)C2)c(F)cc2c(COS(=O)(=O)C(F)(F)F)cc(=O)n(C3CC3)c12. The lowest BCUT2D eigenvalue weighted by Gasteiger charge is -2.25. The number of hydrogen-bond acceptors (Lipinski definition) is 7. The van der Waals surface area contributed by atoms with Crippen LogP contribution in [0.3, 0.4) is 0 Å². The van der Waals surface area contributed by atoms with Gasteiger partial charge >= 0.3 is 21.7 Å². The van der Waals surface area contributed by atoms with Gasteiger partial charge < -0.3 is 19.5 Å². The number of amides is 1. The minimum absolute atomic E-state index is 0.00458. The number of hydrogen-bond donors (Lipinski definition) is 1. The number of alkyl halides is 3. The Hall–Kier alpha value is -2.87. The van der Waals surface area contributed by atoms with Crippen molar-refractivity contribution in [2.45, 2.75) is 70.7 Å². The molecule has 1 N–H and O–H groups in total. The van der Waals surface area contributed by atoms with Crippen molar-refractivity contribution < 1.29 is 39.7 Å². The number of nitrogens with one attached hydrogen (secondary N) is 1. The number of carbonyl (C=O) groups excluding carboxylic acids is 1. The van der Waals surface area contributed by atoms with Gasteiger partial charge in [0.05, 0.1) is 17.8 Å². The lowest BCUT2D eigenvalue weighted by Crippen LogP contribution is -2.36. The molecule has 1 unspecified atom stereocenters. The van der Waals surface area contributed by atoms with E-state index in [0.29, 0.717) is 50.0 Å². The van der Waals surface area contributed by atoms with Crippen LogP contribution in [0.5, 0.6) is 0 Å². The molecule has 1 aliphatic carbocycles. The number of halogens is 4. The number of fused-ring (bicyclic) bond motifs is 1. The zero-order valence-electron chi connectivity index (χ0n) is 22.0. The summed E-state index contributed by atoms with van der Waals surface area (Å²) in [6, 6.07) is 1.97. The van der Waals surface area contributed by atoms with Crippen molar-refractivity contribution in [3.8, 4) is 0 Å². The topological polar surface area (TPSA) is 107 Å². The van der Waals surface area contributed by atoms with Crippen molar-refractivity contribution in [1.29, 1.82) is 0 Å². The number of pyridine rings is 1. The summed E-state index contributed by atoms with van der Waals surface area (Å²) in [4.78, 5) is 26.8. The highest BCUT2D eigenvalue weighted by Crippen LogP contribution is 2.41. The van der Waals surface area contributed by atoms with E-state index in [1.54, 1.807) is 27.7 Å². The van der Waals surface area contributed by atoms with Crippen LogP contribution in [0.15, 0.2) is 16.9 Å². The molecule has 0 spiro atoms. The Labute approximate surface area is 223 Å². The first-order valence-electron chi connectivity index (χ1n) is 12.5. The van der Waals surface area contributed by atoms with E-state index in [0.717, 1.165) is 12.1 Å². The van der Waals surface area contributed by atoms with Crippen LogP contribution in [0, 0.1) is 18.7 Å². The number of nitrogens with zero attached hydrogens (tertiary/aromatic N) is 2. The third-order valence-electron chi connectivity index (χ3n) is 6.69. The van der Waals surface area contributed by atoms with Gasteiger partial charge in [-0.3, -0.25) is 8.98 Å². The Kier molecular flexibility index (Phi) is 7.67. The molecule has 2 aromatic rings. The fourth-order valence-electron chi connectivity index (χ4n) is 4.87. The Bertz CT molecular complexity index is 1450. The van der Waals surface area contributed by atoms with Crippen LogP contribution < -0.4 is 15.8 Å². The fourth-order valence-corrected chi connectivity index (χ4v) is 5.29. The number of rotatable bonds is 7. The van der Waals surface area contributed by atoms with Crippen LogP contribution >= 0.6 is 0 Å². The molecule has 9 nitrogen and oxygen atoms in total. The van der Waals surface area contributed by atoms with Gasteiger partial charge in [-0.2, -0.15) is 21.6 Å². The summed E-state index contributed by atoms with van der Waals surface area (Å²) in [5.41, 5.74) is -5.98. The van der Waals surface area contributed by atoms with Gasteiger partial charge in [0.15, 0.2) is 0 Å². The molecule has 39 heavy (non-hydrogen) atoms. The van der Waals surface area contributed by atoms with Gasteiger partial charge in [0, 0.05) is 37.1 Å². The molecular formula is C25H31F4N3O6S. The van der Waals surface area contributed by atoms with Crippen molar-refractivity contribution >= 4 is 32.8 Å². The van der Waals surface area contributed by atoms with Crippen molar-refractivity contribution in [1.82, 2.24) is 9.88 Å². The molecule has 216 valence electrons. The molecule has 1 saturated heterocycles. The number of anilines is 1. The van der Waals surface area contributed by atoms with Crippen molar-refractivity contribution in [2.75, 3.05) is 24.5 Å². The van der Waals surface area contributed by atoms with Crippen LogP contribution in [0.25, 0.3) is 10.9 Å². The van der Waals surface area contributed by atoms with E-state index in [4.69, 9.17) is 4.74 Å². The normalized spacial score (nSPS) is 18.6. The molecule has 1 saturated carbocycles. The van der Waals surface area contributed by atoms with Crippen LogP contribution in [0.2, 0.25) is 0 Å². The van der Waals surface area contributed by atoms with E-state index < -0.39 is 45.3 Å². The van der Waals surface area contributed by atoms with Gasteiger partial charge in [0.25, 0.3) is 5.56 Å². The van der Waals surface area contributed by atoms with Gasteiger partial charge in [-0.15, -0.1) is 0 Å². The van der Waals surface area contributed by atoms with E-state index in [2.05, 4.69) is 9.50 Å². The third-order valence-corrected chi connectivity index (χ3v) is 7.68. The molecule has 1 aromatic heterocycles. The molecule has 1 amide bonds. The fraction of sp³-hybridized carbons (Fsp3) is 0.600. The minimum atomic E-state index is -5.91. The monoisotopic (exact) mass is 577 g/mol. The first-order valence-corrected chi connectivity index (χ1v) is 13.9. The smallest absolute Gasteiger partial charge is 0.444 e. The lowest BCUT2D eigenvalue weighted by atomic mass is 10.0. The predicted molar refractivity (Wildman–Crippen MR) is 135 cm³/mol. The molecule has 4 rings (SSSR count). The van der Waals surface area contributed by atoms with Crippen LogP contribution in [-0.4, -0.2) is 49.8 Å². The van der Waals surface area contributed by atoms with Crippen LogP contribution in [0.4, 0.5) is 28.0 Å². The lowest BCUT2D eigenvalue weighted by molar-refractivity contribution is -0.0547. The maximum atomic E-state index is 15.6. The quantitative estimate of drug-likeness (QED) is 0.293. The standard InChI is InChI=1S/C25H31F4N3O6S/c1-14-21-18(16(9-20(33)32(21)17-5-6-17)13-37-39(35,36)25(27,28)29)10-19(26)22(14)31-8-7-15(12-31)11-30-23(34)38-24(2,3)4/h9-10,15,17H,5-8,11-13H2,1-4H3,(H,30,34). The summed E-state index contributed by atoms with van der Waals surface area (Å²) in [5.74, 6) is -0.661. The Morgan fingerprint density at radius 3 is 2.41 bits per heavy atom. The molecule has 2 fully saturated rings. The van der Waals surface area contributed by atoms with E-state index >= 15 is 4.39 Å². The summed E-state index contributed by atoms with van der Waals surface area (Å²) in [6.07, 6.45) is 1.53. The number of carbonyl (C=O) groups is 1. The number of alkyl carbamates (subject to hydrolysis) is 1. The van der Waals surface area contributed by atoms with Gasteiger partial charge in [-0.25, -0.2) is 9.18 Å². The molecule has 0 bridgehead atoms. The zero-order chi connectivity index (χ0) is 28.9. The molecule has 1 aliphatic heterocycles. The van der Waals surface area contributed by atoms with Gasteiger partial charge in [-0.05, 0) is 70.1 Å². The number of aryl methyl sites for hydroxylation is 1. The highest BCUT2D eigenvalue weighted by Gasteiger charge is 2.47. The Morgan fingerprint density at radius 2 is 1.82 bits per heavy atom. The second kappa shape index (κ2) is 10.3. The summed E-state index contributed by atoms with van der Waals surface area (Å²) < 4.78 is 87.8. The van der Waals surface area contributed by atoms with Crippen molar-refractivity contribution in [3.05, 3.63) is 39.4 Å². The third kappa shape index (κ3) is 6.32. The molecule has 14 heteroatoms. The summed E-state index contributed by atoms with van der Waals surface area (Å²) >= 11 is 0. The maximum Gasteiger partial charge on any atom is 0.523 e. The number of ether oxygens (including phenoxy) is 1. The highest BCUT2D eigenvalue weighted by atomic mass is 32.2. The average molecular weight is 578 g/mol. The predicted octanol–water partition coefficient (Wildman–Crippen LogP) is 4.50. The highest BCUT2D eigenvalue weighted by molar-refractivity contribution is 7.87. The van der Waals surface area contributed by atoms with E-state index in [1.807, 2.05) is 4.90 Å². The Balaban J connectivity index is 1.65. The summed E-state index contributed by atoms with van der Waals surface area (Å²) in [6.45, 7) is 7.03. The van der Waals surface area contributed by atoms with E-state index in [-0.39, 0.29) is 28.6 Å². The van der Waals surface area contributed by atoms with Gasteiger partial charge in [-0.1, -0.05) is 0 Å². The summed E-state index contributed by atoms with van der Waals surface area (Å²) in [5, 5.41) is 2.84. The zero-order valence-corrected chi connectivity index (χ0v) is 22.8. The van der Waals surface area contributed by atoms with Gasteiger partial charge in [0.1, 0.15) is 11.4 Å².